The van der Waals surface area contributed by atoms with Gasteiger partial charge in [-0.1, -0.05) is 18.6 Å². The van der Waals surface area contributed by atoms with Crippen molar-refractivity contribution in [1.82, 2.24) is 0 Å². The zero-order chi connectivity index (χ0) is 11.8. The molecular formula is C13H18O3. The number of methoxy groups -OCH3 is 1. The average molecular weight is 222 g/mol. The van der Waals surface area contributed by atoms with E-state index in [1.807, 2.05) is 12.1 Å². The van der Waals surface area contributed by atoms with Gasteiger partial charge in [0.2, 0.25) is 0 Å². The molecule has 1 N–H and O–H groups in total. The first-order valence-corrected chi connectivity index (χ1v) is 5.56. The van der Waals surface area contributed by atoms with E-state index >= 15 is 0 Å². The van der Waals surface area contributed by atoms with Gasteiger partial charge in [0.05, 0.1) is 12.7 Å². The van der Waals surface area contributed by atoms with Gasteiger partial charge in [0, 0.05) is 6.61 Å². The number of hydrogen-bond acceptors (Lipinski definition) is 3. The van der Waals surface area contributed by atoms with Crippen LogP contribution in [0.2, 0.25) is 0 Å². The maximum Gasteiger partial charge on any atom is 0.337 e. The van der Waals surface area contributed by atoms with E-state index in [0.717, 1.165) is 25.7 Å². The molecule has 0 heterocycles. The lowest BCUT2D eigenvalue weighted by molar-refractivity contribution is 0.0600. The molecule has 0 fully saturated rings. The van der Waals surface area contributed by atoms with Crippen molar-refractivity contribution in [3.8, 4) is 0 Å². The van der Waals surface area contributed by atoms with Crippen LogP contribution in [0.4, 0.5) is 0 Å². The quantitative estimate of drug-likeness (QED) is 0.592. The topological polar surface area (TPSA) is 46.5 Å². The Bertz CT molecular complexity index is 316. The molecule has 0 aliphatic rings. The van der Waals surface area contributed by atoms with Crippen LogP contribution < -0.4 is 0 Å². The van der Waals surface area contributed by atoms with Gasteiger partial charge in [0.1, 0.15) is 0 Å². The molecule has 0 spiro atoms. The number of aliphatic hydroxyl groups excluding tert-OH is 1. The summed E-state index contributed by atoms with van der Waals surface area (Å²) < 4.78 is 4.62. The number of rotatable bonds is 6. The molecule has 0 saturated carbocycles. The number of benzene rings is 1. The summed E-state index contributed by atoms with van der Waals surface area (Å²) in [7, 11) is 1.38. The average Bonchev–Trinajstić information content (AvgIpc) is 2.34. The van der Waals surface area contributed by atoms with Crippen LogP contribution in [0.5, 0.6) is 0 Å². The van der Waals surface area contributed by atoms with Crippen LogP contribution in [0.3, 0.4) is 0 Å². The molecule has 3 heteroatoms. The SMILES string of the molecule is COC(=O)c1ccc(CCCCCO)cc1. The monoisotopic (exact) mass is 222 g/mol. The van der Waals surface area contributed by atoms with Crippen LogP contribution in [-0.4, -0.2) is 24.8 Å². The van der Waals surface area contributed by atoms with Crippen molar-refractivity contribution in [3.05, 3.63) is 35.4 Å². The summed E-state index contributed by atoms with van der Waals surface area (Å²) in [4.78, 5) is 11.2. The molecule has 1 rings (SSSR count). The summed E-state index contributed by atoms with van der Waals surface area (Å²) in [5.74, 6) is -0.299. The lowest BCUT2D eigenvalue weighted by Gasteiger charge is -2.03. The minimum atomic E-state index is -0.299. The predicted octanol–water partition coefficient (Wildman–Crippen LogP) is 2.18. The maximum absolute atomic E-state index is 11.2. The molecular weight excluding hydrogens is 204 g/mol. The van der Waals surface area contributed by atoms with Crippen LogP contribution in [-0.2, 0) is 11.2 Å². The number of aryl methyl sites for hydroxylation is 1. The van der Waals surface area contributed by atoms with Crippen LogP contribution in [0, 0.1) is 0 Å². The van der Waals surface area contributed by atoms with Gasteiger partial charge in [-0.2, -0.15) is 0 Å². The van der Waals surface area contributed by atoms with Crippen LogP contribution in [0.25, 0.3) is 0 Å². The second kappa shape index (κ2) is 7.01. The first-order chi connectivity index (χ1) is 7.77. The Morgan fingerprint density at radius 1 is 1.19 bits per heavy atom. The zero-order valence-electron chi connectivity index (χ0n) is 9.61. The third kappa shape index (κ3) is 4.03. The van der Waals surface area contributed by atoms with Gasteiger partial charge in [-0.3, -0.25) is 0 Å². The van der Waals surface area contributed by atoms with Crippen LogP contribution >= 0.6 is 0 Å². The van der Waals surface area contributed by atoms with E-state index in [4.69, 9.17) is 5.11 Å². The Hall–Kier alpha value is -1.35. The molecule has 0 amide bonds. The smallest absolute Gasteiger partial charge is 0.337 e. The van der Waals surface area contributed by atoms with E-state index in [-0.39, 0.29) is 12.6 Å². The Morgan fingerprint density at radius 3 is 2.44 bits per heavy atom. The maximum atomic E-state index is 11.2. The van der Waals surface area contributed by atoms with E-state index in [9.17, 15) is 4.79 Å². The number of unbranched alkanes of at least 4 members (excludes halogenated alkanes) is 2. The van der Waals surface area contributed by atoms with Crippen molar-refractivity contribution in [2.75, 3.05) is 13.7 Å². The lowest BCUT2D eigenvalue weighted by Crippen LogP contribution is -2.00. The Kier molecular flexibility index (Phi) is 5.57. The Labute approximate surface area is 96.1 Å². The molecule has 1 aromatic carbocycles. The van der Waals surface area contributed by atoms with Gasteiger partial charge in [0.15, 0.2) is 0 Å². The fourth-order valence-corrected chi connectivity index (χ4v) is 1.54. The van der Waals surface area contributed by atoms with Gasteiger partial charge >= 0.3 is 5.97 Å². The minimum Gasteiger partial charge on any atom is -0.465 e. The molecule has 1 aromatic rings. The number of carbonyl (C=O) groups excluding carboxylic acids is 1. The second-order valence-corrected chi connectivity index (χ2v) is 3.72. The third-order valence-electron chi connectivity index (χ3n) is 2.50. The molecule has 0 radical (unpaired) electrons. The minimum absolute atomic E-state index is 0.265. The van der Waals surface area contributed by atoms with Crippen molar-refractivity contribution in [2.45, 2.75) is 25.7 Å². The third-order valence-corrected chi connectivity index (χ3v) is 2.50. The van der Waals surface area contributed by atoms with Gasteiger partial charge < -0.3 is 9.84 Å². The highest BCUT2D eigenvalue weighted by Crippen LogP contribution is 2.09. The second-order valence-electron chi connectivity index (χ2n) is 3.72. The standard InChI is InChI=1S/C13H18O3/c1-16-13(15)12-8-6-11(7-9-12)5-3-2-4-10-14/h6-9,14H,2-5,10H2,1H3. The highest BCUT2D eigenvalue weighted by atomic mass is 16.5. The Morgan fingerprint density at radius 2 is 1.88 bits per heavy atom. The normalized spacial score (nSPS) is 10.1. The first-order valence-electron chi connectivity index (χ1n) is 5.56. The molecule has 3 nitrogen and oxygen atoms in total. The highest BCUT2D eigenvalue weighted by Gasteiger charge is 2.03. The van der Waals surface area contributed by atoms with Gasteiger partial charge in [0.25, 0.3) is 0 Å². The first kappa shape index (κ1) is 12.7. The zero-order valence-corrected chi connectivity index (χ0v) is 9.61. The molecule has 0 atom stereocenters. The van der Waals surface area contributed by atoms with Crippen molar-refractivity contribution in [2.24, 2.45) is 0 Å². The summed E-state index contributed by atoms with van der Waals surface area (Å²) >= 11 is 0. The van der Waals surface area contributed by atoms with Gasteiger partial charge in [-0.25, -0.2) is 4.79 Å². The van der Waals surface area contributed by atoms with Crippen LogP contribution in [0.1, 0.15) is 35.2 Å². The molecule has 0 saturated heterocycles. The van der Waals surface area contributed by atoms with E-state index in [2.05, 4.69) is 4.74 Å². The lowest BCUT2D eigenvalue weighted by atomic mass is 10.1. The fourth-order valence-electron chi connectivity index (χ4n) is 1.54. The summed E-state index contributed by atoms with van der Waals surface area (Å²) in [6.45, 7) is 0.265. The van der Waals surface area contributed by atoms with Crippen molar-refractivity contribution < 1.29 is 14.6 Å². The summed E-state index contributed by atoms with van der Waals surface area (Å²) in [5.41, 5.74) is 1.80. The van der Waals surface area contributed by atoms with Crippen LogP contribution in [0.15, 0.2) is 24.3 Å². The number of hydrogen-bond donors (Lipinski definition) is 1. The molecule has 0 bridgehead atoms. The molecule has 0 aliphatic carbocycles. The van der Waals surface area contributed by atoms with E-state index in [1.54, 1.807) is 12.1 Å². The van der Waals surface area contributed by atoms with Crippen molar-refractivity contribution >= 4 is 5.97 Å². The van der Waals surface area contributed by atoms with E-state index < -0.39 is 0 Å². The van der Waals surface area contributed by atoms with Gasteiger partial charge in [-0.05, 0) is 37.0 Å². The molecule has 0 aliphatic heterocycles. The number of ether oxygens (including phenoxy) is 1. The molecule has 0 aromatic heterocycles. The molecule has 88 valence electrons. The van der Waals surface area contributed by atoms with Crippen molar-refractivity contribution in [1.29, 1.82) is 0 Å². The summed E-state index contributed by atoms with van der Waals surface area (Å²) in [6.07, 6.45) is 3.95. The fraction of sp³-hybridized carbons (Fsp3) is 0.462. The molecule has 16 heavy (non-hydrogen) atoms. The highest BCUT2D eigenvalue weighted by molar-refractivity contribution is 5.89. The van der Waals surface area contributed by atoms with E-state index in [0.29, 0.717) is 5.56 Å². The predicted molar refractivity (Wildman–Crippen MR) is 62.4 cm³/mol. The molecule has 0 unspecified atom stereocenters. The largest absolute Gasteiger partial charge is 0.465 e. The summed E-state index contributed by atoms with van der Waals surface area (Å²) in [6, 6.07) is 7.47. The number of aliphatic hydroxyl groups is 1. The van der Waals surface area contributed by atoms with Gasteiger partial charge in [-0.15, -0.1) is 0 Å². The van der Waals surface area contributed by atoms with Crippen molar-refractivity contribution in [3.63, 3.8) is 0 Å². The Balaban J connectivity index is 2.42. The van der Waals surface area contributed by atoms with E-state index in [1.165, 1.54) is 12.7 Å². The number of esters is 1. The number of carbonyl (C=O) groups is 1. The summed E-state index contributed by atoms with van der Waals surface area (Å²) in [5, 5.41) is 8.64.